The lowest BCUT2D eigenvalue weighted by Gasteiger charge is -2.13. The van der Waals surface area contributed by atoms with Gasteiger partial charge in [0.1, 0.15) is 11.5 Å². The van der Waals surface area contributed by atoms with Gasteiger partial charge in [0, 0.05) is 11.0 Å². The number of ether oxygens (including phenoxy) is 2. The molecule has 0 saturated heterocycles. The van der Waals surface area contributed by atoms with Crippen molar-refractivity contribution >= 4 is 39.2 Å². The Morgan fingerprint density at radius 1 is 1.19 bits per heavy atom. The number of carbonyl (C=O) groups is 1. The molecular formula is C20H23BrN2O3S. The number of carbonyl (C=O) groups excluding carboxylic acids is 1. The molecule has 0 unspecified atom stereocenters. The maximum atomic E-state index is 12.5. The van der Waals surface area contributed by atoms with Gasteiger partial charge in [0.15, 0.2) is 5.11 Å². The van der Waals surface area contributed by atoms with E-state index < -0.39 is 0 Å². The number of benzene rings is 2. The number of halogens is 1. The van der Waals surface area contributed by atoms with Gasteiger partial charge >= 0.3 is 0 Å². The zero-order valence-corrected chi connectivity index (χ0v) is 17.9. The number of rotatable bonds is 7. The van der Waals surface area contributed by atoms with E-state index in [1.165, 1.54) is 0 Å². The van der Waals surface area contributed by atoms with Gasteiger partial charge in [-0.15, -0.1) is 0 Å². The molecule has 0 aliphatic heterocycles. The molecule has 0 aromatic heterocycles. The van der Waals surface area contributed by atoms with Crippen molar-refractivity contribution in [2.24, 2.45) is 0 Å². The van der Waals surface area contributed by atoms with Gasteiger partial charge in [-0.05, 0) is 68.9 Å². The van der Waals surface area contributed by atoms with Crippen molar-refractivity contribution in [3.63, 3.8) is 0 Å². The molecule has 7 heteroatoms. The first-order chi connectivity index (χ1) is 12.9. The first-order valence-electron chi connectivity index (χ1n) is 8.66. The van der Waals surface area contributed by atoms with Crippen molar-refractivity contribution in [3.05, 3.63) is 58.1 Å². The van der Waals surface area contributed by atoms with Gasteiger partial charge in [-0.2, -0.15) is 0 Å². The Balaban J connectivity index is 1.92. The van der Waals surface area contributed by atoms with Crippen LogP contribution in [0.25, 0.3) is 0 Å². The molecular weight excluding hydrogens is 428 g/mol. The topological polar surface area (TPSA) is 59.6 Å². The molecule has 0 saturated carbocycles. The van der Waals surface area contributed by atoms with Crippen LogP contribution in [0.1, 0.15) is 36.7 Å². The fraction of sp³-hybridized carbons (Fsp3) is 0.300. The Kier molecular flexibility index (Phi) is 8.06. The highest BCUT2D eigenvalue weighted by Crippen LogP contribution is 2.23. The van der Waals surface area contributed by atoms with E-state index in [1.807, 2.05) is 51.1 Å². The Morgan fingerprint density at radius 3 is 2.52 bits per heavy atom. The van der Waals surface area contributed by atoms with E-state index in [1.54, 1.807) is 12.1 Å². The monoisotopic (exact) mass is 450 g/mol. The van der Waals surface area contributed by atoms with E-state index in [-0.39, 0.29) is 17.1 Å². The first kappa shape index (κ1) is 21.2. The van der Waals surface area contributed by atoms with Crippen LogP contribution >= 0.6 is 28.1 Å². The summed E-state index contributed by atoms with van der Waals surface area (Å²) in [5.74, 6) is 1.02. The second-order valence-electron chi connectivity index (χ2n) is 6.02. The molecule has 0 spiro atoms. The van der Waals surface area contributed by atoms with Gasteiger partial charge in [0.2, 0.25) is 0 Å². The Hall–Kier alpha value is -2.12. The van der Waals surface area contributed by atoms with Crippen molar-refractivity contribution in [2.75, 3.05) is 6.61 Å². The highest BCUT2D eigenvalue weighted by atomic mass is 79.9. The summed E-state index contributed by atoms with van der Waals surface area (Å²) in [6.07, 6.45) is 0.136. The summed E-state index contributed by atoms with van der Waals surface area (Å²) in [5.41, 5.74) is 1.45. The largest absolute Gasteiger partial charge is 0.493 e. The van der Waals surface area contributed by atoms with E-state index >= 15 is 0 Å². The summed E-state index contributed by atoms with van der Waals surface area (Å²) in [6, 6.07) is 13.0. The molecule has 144 valence electrons. The van der Waals surface area contributed by atoms with E-state index in [0.29, 0.717) is 24.5 Å². The van der Waals surface area contributed by atoms with E-state index in [2.05, 4.69) is 26.6 Å². The highest BCUT2D eigenvalue weighted by Gasteiger charge is 2.14. The van der Waals surface area contributed by atoms with E-state index in [0.717, 1.165) is 15.8 Å². The van der Waals surface area contributed by atoms with E-state index in [9.17, 15) is 4.79 Å². The molecule has 0 fully saturated rings. The summed E-state index contributed by atoms with van der Waals surface area (Å²) in [5, 5.41) is 5.97. The third kappa shape index (κ3) is 6.84. The summed E-state index contributed by atoms with van der Waals surface area (Å²) >= 11 is 8.60. The predicted octanol–water partition coefficient (Wildman–Crippen LogP) is 4.44. The minimum atomic E-state index is -0.321. The minimum Gasteiger partial charge on any atom is -0.493 e. The quantitative estimate of drug-likeness (QED) is 0.610. The number of amides is 1. The summed E-state index contributed by atoms with van der Waals surface area (Å²) in [7, 11) is 0. The van der Waals surface area contributed by atoms with Crippen molar-refractivity contribution in [1.29, 1.82) is 0 Å². The van der Waals surface area contributed by atoms with Crippen molar-refractivity contribution in [2.45, 2.75) is 33.4 Å². The lowest BCUT2D eigenvalue weighted by Crippen LogP contribution is -2.39. The second kappa shape index (κ2) is 10.3. The lowest BCUT2D eigenvalue weighted by atomic mass is 10.2. The molecule has 2 aromatic rings. The average Bonchev–Trinajstić information content (AvgIpc) is 2.62. The minimum absolute atomic E-state index is 0.136. The van der Waals surface area contributed by atoms with Gasteiger partial charge in [0.25, 0.3) is 5.91 Å². The molecule has 0 aliphatic carbocycles. The van der Waals surface area contributed by atoms with Crippen LogP contribution in [0.2, 0.25) is 0 Å². The molecule has 0 aliphatic rings. The van der Waals surface area contributed by atoms with Gasteiger partial charge < -0.3 is 14.8 Å². The zero-order valence-electron chi connectivity index (χ0n) is 15.5. The molecule has 2 N–H and O–H groups in total. The zero-order chi connectivity index (χ0) is 19.8. The number of thiocarbonyl (C=S) groups is 1. The molecule has 0 radical (unpaired) electrons. The van der Waals surface area contributed by atoms with Crippen molar-refractivity contribution < 1.29 is 14.3 Å². The fourth-order valence-corrected chi connectivity index (χ4v) is 2.84. The predicted molar refractivity (Wildman–Crippen MR) is 114 cm³/mol. The van der Waals surface area contributed by atoms with Crippen LogP contribution in [0.15, 0.2) is 46.9 Å². The number of hydrogen-bond donors (Lipinski definition) is 2. The third-order valence-electron chi connectivity index (χ3n) is 3.46. The smallest absolute Gasteiger partial charge is 0.261 e. The first-order valence-corrected chi connectivity index (χ1v) is 9.86. The number of nitrogens with one attached hydrogen (secondary N) is 2. The maximum Gasteiger partial charge on any atom is 0.261 e. The molecule has 0 heterocycles. The van der Waals surface area contributed by atoms with Crippen LogP contribution in [0, 0.1) is 0 Å². The van der Waals surface area contributed by atoms with Crippen LogP contribution in [-0.2, 0) is 6.54 Å². The number of hydrogen-bond acceptors (Lipinski definition) is 4. The van der Waals surface area contributed by atoms with Crippen LogP contribution in [-0.4, -0.2) is 23.7 Å². The average molecular weight is 451 g/mol. The second-order valence-corrected chi connectivity index (χ2v) is 7.34. The summed E-state index contributed by atoms with van der Waals surface area (Å²) in [6.45, 7) is 6.81. The van der Waals surface area contributed by atoms with Crippen LogP contribution in [0.3, 0.4) is 0 Å². The Bertz CT molecular complexity index is 794. The molecule has 0 bridgehead atoms. The van der Waals surface area contributed by atoms with Gasteiger partial charge in [-0.3, -0.25) is 10.1 Å². The van der Waals surface area contributed by atoms with Crippen molar-refractivity contribution in [1.82, 2.24) is 10.6 Å². The SMILES string of the molecule is CCOc1ccc(Br)cc1C(=O)NC(=S)NCc1ccc(OC(C)C)cc1. The van der Waals surface area contributed by atoms with Crippen LogP contribution in [0.4, 0.5) is 0 Å². The van der Waals surface area contributed by atoms with E-state index in [4.69, 9.17) is 21.7 Å². The Morgan fingerprint density at radius 2 is 1.89 bits per heavy atom. The maximum absolute atomic E-state index is 12.5. The fourth-order valence-electron chi connectivity index (χ4n) is 2.32. The lowest BCUT2D eigenvalue weighted by molar-refractivity contribution is 0.0973. The van der Waals surface area contributed by atoms with Gasteiger partial charge in [0.05, 0.1) is 18.3 Å². The van der Waals surface area contributed by atoms with Crippen molar-refractivity contribution in [3.8, 4) is 11.5 Å². The molecule has 27 heavy (non-hydrogen) atoms. The standard InChI is InChI=1S/C20H23BrN2O3S/c1-4-25-18-10-7-15(21)11-17(18)19(24)23-20(27)22-12-14-5-8-16(9-6-14)26-13(2)3/h5-11,13H,4,12H2,1-3H3,(H2,22,23,24,27). The molecule has 2 aromatic carbocycles. The molecule has 2 rings (SSSR count). The summed E-state index contributed by atoms with van der Waals surface area (Å²) in [4.78, 5) is 12.5. The Labute approximate surface area is 173 Å². The molecule has 5 nitrogen and oxygen atoms in total. The van der Waals surface area contributed by atoms with Crippen LogP contribution in [0.5, 0.6) is 11.5 Å². The highest BCUT2D eigenvalue weighted by molar-refractivity contribution is 9.10. The van der Waals surface area contributed by atoms with Gasteiger partial charge in [-0.1, -0.05) is 28.1 Å². The van der Waals surface area contributed by atoms with Gasteiger partial charge in [-0.25, -0.2) is 0 Å². The third-order valence-corrected chi connectivity index (χ3v) is 4.20. The molecule has 1 amide bonds. The summed E-state index contributed by atoms with van der Waals surface area (Å²) < 4.78 is 11.9. The molecule has 0 atom stereocenters. The normalized spacial score (nSPS) is 10.4. The van der Waals surface area contributed by atoms with Crippen LogP contribution < -0.4 is 20.1 Å².